The summed E-state index contributed by atoms with van der Waals surface area (Å²) >= 11 is 9.04. The van der Waals surface area contributed by atoms with Gasteiger partial charge in [0.25, 0.3) is 5.69 Å². The number of benzene rings is 2. The molecule has 0 radical (unpaired) electrons. The number of non-ortho nitro benzene ring substituents is 1. The lowest BCUT2D eigenvalue weighted by molar-refractivity contribution is -0.384. The van der Waals surface area contributed by atoms with E-state index in [0.29, 0.717) is 17.0 Å². The summed E-state index contributed by atoms with van der Waals surface area (Å²) in [6.45, 7) is 0.446. The van der Waals surface area contributed by atoms with E-state index in [2.05, 4.69) is 37.2 Å². The van der Waals surface area contributed by atoms with E-state index in [0.717, 1.165) is 21.3 Å². The average molecular weight is 460 g/mol. The number of amidine groups is 1. The first kappa shape index (κ1) is 18.3. The van der Waals surface area contributed by atoms with Crippen LogP contribution in [0.3, 0.4) is 0 Å². The van der Waals surface area contributed by atoms with Gasteiger partial charge in [-0.05, 0) is 29.8 Å². The Hall–Kier alpha value is -3.02. The van der Waals surface area contributed by atoms with E-state index >= 15 is 0 Å². The van der Waals surface area contributed by atoms with Crippen molar-refractivity contribution in [3.8, 4) is 5.69 Å². The summed E-state index contributed by atoms with van der Waals surface area (Å²) in [4.78, 5) is 10.4. The lowest BCUT2D eigenvalue weighted by Crippen LogP contribution is -2.40. The monoisotopic (exact) mass is 459 g/mol. The molecule has 9 nitrogen and oxygen atoms in total. The standard InChI is InChI=1S/C17H14BrN7O2S/c18-12-3-7-13(8-4-12)24-17(28)15(9-19-24)16-20-21-22-23(16)10-11-1-5-14(6-2-11)25(26)27/h1-9,19,21-22H,10H2. The second-order valence-corrected chi connectivity index (χ2v) is 7.28. The molecule has 0 spiro atoms. The summed E-state index contributed by atoms with van der Waals surface area (Å²) in [5, 5.41) is 20.0. The SMILES string of the molecule is O=[N+]([O-])c1ccc(CN2NNN=C2c2c[nH]n(-c3ccc(Br)cc3)c2=S)cc1. The van der Waals surface area contributed by atoms with Crippen LogP contribution in [0.25, 0.3) is 5.69 Å². The van der Waals surface area contributed by atoms with E-state index < -0.39 is 4.92 Å². The number of aromatic nitrogens is 2. The number of halogens is 1. The molecule has 0 fully saturated rings. The minimum atomic E-state index is -0.420. The molecule has 142 valence electrons. The Morgan fingerprint density at radius 2 is 1.86 bits per heavy atom. The van der Waals surface area contributed by atoms with E-state index in [1.165, 1.54) is 12.1 Å². The third-order valence-corrected chi connectivity index (χ3v) is 5.12. The molecule has 0 saturated heterocycles. The number of hydrazone groups is 1. The Labute approximate surface area is 172 Å². The molecule has 2 heterocycles. The first-order chi connectivity index (χ1) is 13.5. The first-order valence-corrected chi connectivity index (χ1v) is 9.39. The van der Waals surface area contributed by atoms with Gasteiger partial charge in [0.05, 0.1) is 22.7 Å². The smallest absolute Gasteiger partial charge is 0.269 e. The first-order valence-electron chi connectivity index (χ1n) is 8.19. The maximum absolute atomic E-state index is 10.8. The number of hydrogen-bond donors (Lipinski definition) is 3. The predicted octanol–water partition coefficient (Wildman–Crippen LogP) is 3.39. The van der Waals surface area contributed by atoms with Crippen LogP contribution < -0.4 is 11.1 Å². The highest BCUT2D eigenvalue weighted by atomic mass is 79.9. The number of hydrogen-bond acceptors (Lipinski definition) is 7. The van der Waals surface area contributed by atoms with Gasteiger partial charge in [-0.1, -0.05) is 40.3 Å². The molecule has 0 unspecified atom stereocenters. The topological polar surface area (TPSA) is 104 Å². The highest BCUT2D eigenvalue weighted by Crippen LogP contribution is 2.19. The van der Waals surface area contributed by atoms with Crippen molar-refractivity contribution in [2.75, 3.05) is 0 Å². The van der Waals surface area contributed by atoms with Gasteiger partial charge in [0.2, 0.25) is 0 Å². The second-order valence-electron chi connectivity index (χ2n) is 5.97. The summed E-state index contributed by atoms with van der Waals surface area (Å²) in [7, 11) is 0. The number of hydrazine groups is 2. The number of nitro groups is 1. The lowest BCUT2D eigenvalue weighted by atomic mass is 10.2. The zero-order valence-electron chi connectivity index (χ0n) is 14.3. The fraction of sp³-hybridized carbons (Fsp3) is 0.0588. The zero-order valence-corrected chi connectivity index (χ0v) is 16.7. The van der Waals surface area contributed by atoms with E-state index in [9.17, 15) is 10.1 Å². The average Bonchev–Trinajstić information content (AvgIpc) is 3.29. The summed E-state index contributed by atoms with van der Waals surface area (Å²) in [5.74, 6) is 0.621. The van der Waals surface area contributed by atoms with Gasteiger partial charge in [-0.3, -0.25) is 20.2 Å². The summed E-state index contributed by atoms with van der Waals surface area (Å²) in [6, 6.07) is 14.2. The van der Waals surface area contributed by atoms with Crippen LogP contribution >= 0.6 is 28.1 Å². The van der Waals surface area contributed by atoms with Crippen molar-refractivity contribution in [1.29, 1.82) is 0 Å². The normalized spacial score (nSPS) is 13.3. The van der Waals surface area contributed by atoms with Crippen molar-refractivity contribution in [2.45, 2.75) is 6.54 Å². The Balaban J connectivity index is 1.58. The molecule has 3 N–H and O–H groups in total. The van der Waals surface area contributed by atoms with Crippen molar-refractivity contribution in [2.24, 2.45) is 5.10 Å². The van der Waals surface area contributed by atoms with E-state index in [4.69, 9.17) is 12.2 Å². The van der Waals surface area contributed by atoms with Crippen molar-refractivity contribution in [1.82, 2.24) is 25.9 Å². The Kier molecular flexibility index (Phi) is 4.94. The molecular weight excluding hydrogens is 446 g/mol. The highest BCUT2D eigenvalue weighted by molar-refractivity contribution is 9.10. The van der Waals surface area contributed by atoms with Gasteiger partial charge in [-0.2, -0.15) is 0 Å². The molecule has 1 aliphatic rings. The summed E-state index contributed by atoms with van der Waals surface area (Å²) in [6.07, 6.45) is 1.79. The molecule has 28 heavy (non-hydrogen) atoms. The minimum absolute atomic E-state index is 0.0548. The summed E-state index contributed by atoms with van der Waals surface area (Å²) in [5.41, 5.74) is 8.27. The molecule has 3 aromatic rings. The van der Waals surface area contributed by atoms with Gasteiger partial charge in [-0.15, -0.1) is 10.6 Å². The van der Waals surface area contributed by atoms with Crippen LogP contribution in [0.2, 0.25) is 0 Å². The van der Waals surface area contributed by atoms with Crippen LogP contribution in [0, 0.1) is 14.8 Å². The number of aromatic amines is 1. The summed E-state index contributed by atoms with van der Waals surface area (Å²) < 4.78 is 3.36. The number of rotatable bonds is 5. The number of nitro benzene ring substituents is 1. The van der Waals surface area contributed by atoms with Crippen LogP contribution in [0.4, 0.5) is 5.69 Å². The largest absolute Gasteiger partial charge is 0.299 e. The molecule has 0 saturated carbocycles. The van der Waals surface area contributed by atoms with Crippen LogP contribution in [-0.2, 0) is 6.54 Å². The highest BCUT2D eigenvalue weighted by Gasteiger charge is 2.22. The molecule has 0 bridgehead atoms. The van der Waals surface area contributed by atoms with Crippen molar-refractivity contribution in [3.05, 3.63) is 85.1 Å². The Bertz CT molecular complexity index is 1110. The maximum Gasteiger partial charge on any atom is 0.269 e. The van der Waals surface area contributed by atoms with E-state index in [1.807, 2.05) is 24.3 Å². The quantitative estimate of drug-likeness (QED) is 0.307. The third kappa shape index (κ3) is 3.54. The fourth-order valence-corrected chi connectivity index (χ4v) is 3.36. The second kappa shape index (κ2) is 7.54. The number of nitrogens with zero attached hydrogens (tertiary/aromatic N) is 4. The van der Waals surface area contributed by atoms with Crippen molar-refractivity contribution < 1.29 is 4.92 Å². The molecule has 4 rings (SSSR count). The molecule has 1 aliphatic heterocycles. The number of H-pyrrole nitrogens is 1. The maximum atomic E-state index is 10.8. The number of nitrogens with one attached hydrogen (secondary N) is 3. The molecule has 2 aromatic carbocycles. The van der Waals surface area contributed by atoms with Crippen molar-refractivity contribution in [3.63, 3.8) is 0 Å². The van der Waals surface area contributed by atoms with Gasteiger partial charge < -0.3 is 0 Å². The van der Waals surface area contributed by atoms with Gasteiger partial charge in [0.15, 0.2) is 5.84 Å². The lowest BCUT2D eigenvalue weighted by Gasteiger charge is -2.18. The molecular formula is C17H14BrN7O2S. The van der Waals surface area contributed by atoms with E-state index in [-0.39, 0.29) is 5.69 Å². The van der Waals surface area contributed by atoms with Crippen LogP contribution in [0.1, 0.15) is 11.1 Å². The van der Waals surface area contributed by atoms with Crippen LogP contribution in [0.5, 0.6) is 0 Å². The molecule has 0 atom stereocenters. The molecule has 0 amide bonds. The zero-order chi connectivity index (χ0) is 19.7. The van der Waals surface area contributed by atoms with Gasteiger partial charge in [0.1, 0.15) is 4.64 Å². The van der Waals surface area contributed by atoms with Crippen molar-refractivity contribution >= 4 is 39.7 Å². The predicted molar refractivity (Wildman–Crippen MR) is 110 cm³/mol. The molecule has 1 aromatic heterocycles. The molecule has 11 heteroatoms. The van der Waals surface area contributed by atoms with Crippen LogP contribution in [0.15, 0.2) is 64.3 Å². The Morgan fingerprint density at radius 1 is 1.14 bits per heavy atom. The fourth-order valence-electron chi connectivity index (χ4n) is 2.79. The van der Waals surface area contributed by atoms with E-state index in [1.54, 1.807) is 28.0 Å². The van der Waals surface area contributed by atoms with Crippen LogP contribution in [-0.4, -0.2) is 25.5 Å². The Morgan fingerprint density at radius 3 is 2.54 bits per heavy atom. The third-order valence-electron chi connectivity index (χ3n) is 4.19. The molecule has 0 aliphatic carbocycles. The minimum Gasteiger partial charge on any atom is -0.299 e. The van der Waals surface area contributed by atoms with Gasteiger partial charge in [0, 0.05) is 22.8 Å². The van der Waals surface area contributed by atoms with Gasteiger partial charge >= 0.3 is 0 Å². The van der Waals surface area contributed by atoms with Gasteiger partial charge in [-0.25, -0.2) is 10.2 Å².